The van der Waals surface area contributed by atoms with Gasteiger partial charge < -0.3 is 0 Å². The van der Waals surface area contributed by atoms with Crippen molar-refractivity contribution in [1.82, 2.24) is 0 Å². The van der Waals surface area contributed by atoms with Crippen molar-refractivity contribution < 1.29 is 0 Å². The highest BCUT2D eigenvalue weighted by molar-refractivity contribution is 7.73. The second-order valence-corrected chi connectivity index (χ2v) is 6.36. The summed E-state index contributed by atoms with van der Waals surface area (Å²) < 4.78 is 0. The number of benzene rings is 2. The first-order valence-corrected chi connectivity index (χ1v) is 6.91. The van der Waals surface area contributed by atoms with Gasteiger partial charge in [-0.15, -0.1) is 0 Å². The van der Waals surface area contributed by atoms with Crippen LogP contribution in [0.1, 0.15) is 11.2 Å². The Morgan fingerprint density at radius 2 is 1.40 bits per heavy atom. The van der Waals surface area contributed by atoms with E-state index in [1.54, 1.807) is 5.30 Å². The van der Waals surface area contributed by atoms with E-state index in [4.69, 9.17) is 0 Å². The predicted molar refractivity (Wildman–Crippen MR) is 67.0 cm³/mol. The molecule has 1 heterocycles. The molecule has 0 nitrogen and oxygen atoms in total. The van der Waals surface area contributed by atoms with Crippen LogP contribution in [0.4, 0.5) is 0 Å². The summed E-state index contributed by atoms with van der Waals surface area (Å²) in [6, 6.07) is 21.8. The van der Waals surface area contributed by atoms with E-state index in [-0.39, 0.29) is 7.92 Å². The topological polar surface area (TPSA) is 0 Å². The summed E-state index contributed by atoms with van der Waals surface area (Å²) in [6.45, 7) is 0. The predicted octanol–water partition coefficient (Wildman–Crippen LogP) is 3.55. The number of hydrogen-bond acceptors (Lipinski definition) is 0. The molecule has 2 unspecified atom stereocenters. The van der Waals surface area contributed by atoms with E-state index < -0.39 is 0 Å². The minimum atomic E-state index is 0.115. The van der Waals surface area contributed by atoms with E-state index in [1.807, 2.05) is 0 Å². The lowest BCUT2D eigenvalue weighted by Gasteiger charge is -2.00. The van der Waals surface area contributed by atoms with Gasteiger partial charge in [0.1, 0.15) is 0 Å². The fraction of sp³-hybridized carbons (Fsp3) is 0.143. The van der Waals surface area contributed by atoms with Crippen molar-refractivity contribution in [3.63, 3.8) is 0 Å². The largest absolute Gasteiger partial charge is 0.0663 e. The van der Waals surface area contributed by atoms with Crippen LogP contribution in [0.15, 0.2) is 60.7 Å². The summed E-state index contributed by atoms with van der Waals surface area (Å²) in [6.07, 6.45) is 1.38. The lowest BCUT2D eigenvalue weighted by Crippen LogP contribution is -1.91. The van der Waals surface area contributed by atoms with Crippen molar-refractivity contribution in [3.05, 3.63) is 66.2 Å². The summed E-state index contributed by atoms with van der Waals surface area (Å²) in [4.78, 5) is 0. The van der Waals surface area contributed by atoms with E-state index in [0.717, 1.165) is 5.66 Å². The summed E-state index contributed by atoms with van der Waals surface area (Å²) in [7, 11) is 0.115. The van der Waals surface area contributed by atoms with Gasteiger partial charge in [0.15, 0.2) is 0 Å². The van der Waals surface area contributed by atoms with Crippen LogP contribution < -0.4 is 5.30 Å². The van der Waals surface area contributed by atoms with Crippen LogP contribution in [-0.4, -0.2) is 6.16 Å². The van der Waals surface area contributed by atoms with E-state index in [1.165, 1.54) is 11.7 Å². The van der Waals surface area contributed by atoms with Crippen molar-refractivity contribution in [2.45, 2.75) is 5.66 Å². The smallest absolute Gasteiger partial charge is 0.0125 e. The summed E-state index contributed by atoms with van der Waals surface area (Å²) in [5.41, 5.74) is 2.34. The minimum Gasteiger partial charge on any atom is -0.0663 e. The summed E-state index contributed by atoms with van der Waals surface area (Å²) in [5.74, 6) is 0. The van der Waals surface area contributed by atoms with Crippen molar-refractivity contribution >= 4 is 13.2 Å². The molecule has 0 spiro atoms. The average molecular weight is 212 g/mol. The number of rotatable bonds is 2. The Hall–Kier alpha value is -1.13. The van der Waals surface area contributed by atoms with Gasteiger partial charge in [-0.25, -0.2) is 0 Å². The van der Waals surface area contributed by atoms with Crippen LogP contribution in [0.3, 0.4) is 0 Å². The molecule has 0 bridgehead atoms. The highest BCUT2D eigenvalue weighted by Crippen LogP contribution is 2.68. The summed E-state index contributed by atoms with van der Waals surface area (Å²) in [5, 5.41) is 1.56. The van der Waals surface area contributed by atoms with Crippen LogP contribution in [-0.2, 0) is 0 Å². The Morgan fingerprint density at radius 3 is 2.07 bits per heavy atom. The normalized spacial score (nSPS) is 23.7. The molecule has 74 valence electrons. The number of hydrogen-bond donors (Lipinski definition) is 0. The molecule has 0 aromatic heterocycles. The van der Waals surface area contributed by atoms with Gasteiger partial charge in [-0.2, -0.15) is 0 Å². The van der Waals surface area contributed by atoms with Crippen LogP contribution in [0.5, 0.6) is 0 Å². The quantitative estimate of drug-likeness (QED) is 0.668. The maximum atomic E-state index is 2.27. The first-order valence-electron chi connectivity index (χ1n) is 5.32. The highest BCUT2D eigenvalue weighted by Gasteiger charge is 2.38. The molecule has 1 fully saturated rings. The first-order chi connectivity index (χ1) is 7.45. The van der Waals surface area contributed by atoms with Gasteiger partial charge in [-0.05, 0) is 17.0 Å². The molecule has 0 amide bonds. The van der Waals surface area contributed by atoms with E-state index in [9.17, 15) is 0 Å². The van der Waals surface area contributed by atoms with Crippen molar-refractivity contribution in [1.29, 1.82) is 0 Å². The van der Waals surface area contributed by atoms with Gasteiger partial charge in [0.05, 0.1) is 0 Å². The average Bonchev–Trinajstić information content (AvgIpc) is 3.11. The zero-order valence-corrected chi connectivity index (χ0v) is 9.40. The Morgan fingerprint density at radius 1 is 0.800 bits per heavy atom. The molecule has 15 heavy (non-hydrogen) atoms. The van der Waals surface area contributed by atoms with Crippen molar-refractivity contribution in [2.75, 3.05) is 6.16 Å². The second kappa shape index (κ2) is 3.79. The Balaban J connectivity index is 1.81. The second-order valence-electron chi connectivity index (χ2n) is 3.91. The third-order valence-corrected chi connectivity index (χ3v) is 5.37. The molecule has 0 radical (unpaired) electrons. The molecule has 2 aromatic rings. The van der Waals surface area contributed by atoms with Crippen LogP contribution in [0, 0.1) is 0 Å². The monoisotopic (exact) mass is 212 g/mol. The Bertz CT molecular complexity index is 392. The van der Waals surface area contributed by atoms with Gasteiger partial charge in [0.25, 0.3) is 0 Å². The Labute approximate surface area is 91.7 Å². The fourth-order valence-corrected chi connectivity index (χ4v) is 4.40. The Kier molecular flexibility index (Phi) is 2.31. The molecule has 2 aromatic carbocycles. The minimum absolute atomic E-state index is 0.115. The molecule has 1 aliphatic rings. The third-order valence-electron chi connectivity index (χ3n) is 2.88. The van der Waals surface area contributed by atoms with E-state index in [0.29, 0.717) is 0 Å². The van der Waals surface area contributed by atoms with Crippen molar-refractivity contribution in [2.24, 2.45) is 0 Å². The maximum Gasteiger partial charge on any atom is 0.0125 e. The van der Waals surface area contributed by atoms with Gasteiger partial charge >= 0.3 is 0 Å². The SMILES string of the molecule is c1ccc(C2CP2c2ccccc2)cc1. The van der Waals surface area contributed by atoms with Gasteiger partial charge in [0.2, 0.25) is 0 Å². The molecular formula is C14H13P. The molecule has 0 saturated carbocycles. The lowest BCUT2D eigenvalue weighted by molar-refractivity contribution is 1.23. The molecule has 1 aliphatic heterocycles. The molecular weight excluding hydrogens is 199 g/mol. The molecule has 0 N–H and O–H groups in total. The van der Waals surface area contributed by atoms with Crippen molar-refractivity contribution in [3.8, 4) is 0 Å². The van der Waals surface area contributed by atoms with Crippen LogP contribution in [0.2, 0.25) is 0 Å². The third kappa shape index (κ3) is 1.82. The first kappa shape index (κ1) is 9.12. The van der Waals surface area contributed by atoms with Gasteiger partial charge in [-0.1, -0.05) is 68.6 Å². The zero-order valence-electron chi connectivity index (χ0n) is 8.51. The van der Waals surface area contributed by atoms with Gasteiger partial charge in [0, 0.05) is 5.66 Å². The van der Waals surface area contributed by atoms with Crippen LogP contribution >= 0.6 is 7.92 Å². The molecule has 2 atom stereocenters. The molecule has 1 heteroatoms. The zero-order chi connectivity index (χ0) is 10.1. The fourth-order valence-electron chi connectivity index (χ4n) is 2.00. The van der Waals surface area contributed by atoms with E-state index in [2.05, 4.69) is 60.7 Å². The molecule has 1 saturated heterocycles. The lowest BCUT2D eigenvalue weighted by atomic mass is 10.2. The molecule has 0 aliphatic carbocycles. The van der Waals surface area contributed by atoms with Gasteiger partial charge in [-0.3, -0.25) is 0 Å². The van der Waals surface area contributed by atoms with Crippen LogP contribution in [0.25, 0.3) is 0 Å². The maximum absolute atomic E-state index is 2.27. The highest BCUT2D eigenvalue weighted by atomic mass is 31.1. The standard InChI is InChI=1S/C14H13P/c1-3-7-12(8-4-1)14-11-15(14)13-9-5-2-6-10-13/h1-10,14H,11H2. The van der Waals surface area contributed by atoms with E-state index >= 15 is 0 Å². The summed E-state index contributed by atoms with van der Waals surface area (Å²) >= 11 is 0. The molecule has 3 rings (SSSR count).